The molecule has 0 saturated carbocycles. The van der Waals surface area contributed by atoms with Gasteiger partial charge in [0.15, 0.2) is 11.5 Å². The molecule has 0 unspecified atom stereocenters. The first-order valence-corrected chi connectivity index (χ1v) is 12.4. The average Bonchev–Trinajstić information content (AvgIpc) is 3.27. The van der Waals surface area contributed by atoms with Gasteiger partial charge in [-0.05, 0) is 18.1 Å². The molecule has 2 saturated heterocycles. The number of carboxylic acids is 1. The number of quaternary nitrogens is 1. The van der Waals surface area contributed by atoms with E-state index in [1.165, 1.54) is 11.0 Å². The summed E-state index contributed by atoms with van der Waals surface area (Å²) >= 11 is 10.5. The number of likely N-dealkylation sites (tertiary alicyclic amines) is 2. The molecule has 0 aromatic heterocycles. The van der Waals surface area contributed by atoms with Gasteiger partial charge in [-0.1, -0.05) is 11.6 Å². The second-order valence-electron chi connectivity index (χ2n) is 9.22. The summed E-state index contributed by atoms with van der Waals surface area (Å²) in [5.41, 5.74) is 1.51. The number of phenolic OH excluding ortho intramolecular Hbond substituents is 2. The van der Waals surface area contributed by atoms with Crippen molar-refractivity contribution >= 4 is 42.0 Å². The number of rotatable bonds is 8. The van der Waals surface area contributed by atoms with Crippen LogP contribution in [0.3, 0.4) is 0 Å². The Balaban J connectivity index is 1.54. The highest BCUT2D eigenvalue weighted by molar-refractivity contribution is 7.80. The third-order valence-corrected chi connectivity index (χ3v) is 7.99. The van der Waals surface area contributed by atoms with Crippen molar-refractivity contribution in [3.63, 3.8) is 0 Å². The molecule has 34 heavy (non-hydrogen) atoms. The fraction of sp³-hybridized carbons (Fsp3) is 0.522. The summed E-state index contributed by atoms with van der Waals surface area (Å²) in [5, 5.41) is 29.6. The number of aromatic hydroxyl groups is 2. The maximum absolute atomic E-state index is 13.1. The zero-order chi connectivity index (χ0) is 24.6. The number of thiol groups is 1. The molecule has 0 radical (unpaired) electrons. The van der Waals surface area contributed by atoms with Gasteiger partial charge < -0.3 is 29.6 Å². The number of β-lactam (4-membered cyclic amide) rings is 1. The summed E-state index contributed by atoms with van der Waals surface area (Å²) < 4.78 is 0.632. The van der Waals surface area contributed by atoms with Crippen molar-refractivity contribution in [2.24, 2.45) is 0 Å². The molecule has 11 heteroatoms. The van der Waals surface area contributed by atoms with E-state index < -0.39 is 17.5 Å². The lowest BCUT2D eigenvalue weighted by Crippen LogP contribution is -2.53. The molecule has 1 aromatic carbocycles. The normalized spacial score (nSPS) is 20.2. The van der Waals surface area contributed by atoms with Crippen LogP contribution in [0.2, 0.25) is 5.02 Å². The van der Waals surface area contributed by atoms with Gasteiger partial charge in [0, 0.05) is 49.2 Å². The van der Waals surface area contributed by atoms with Crippen LogP contribution in [0, 0.1) is 0 Å². The molecular weight excluding hydrogens is 482 g/mol. The third kappa shape index (κ3) is 4.46. The number of carboxylic acid groups (broad SMARTS) is 1. The van der Waals surface area contributed by atoms with Gasteiger partial charge in [0.25, 0.3) is 5.91 Å². The highest BCUT2D eigenvalue weighted by atomic mass is 35.5. The SMILES string of the molecule is O=C(O)/C(=C(/CS)C[N+]1(CCN2CCc3c(cc(O)c(O)c3Cl)C2=O)CCCC1)N1CCC1=O. The average molecular weight is 511 g/mol. The Morgan fingerprint density at radius 2 is 1.85 bits per heavy atom. The highest BCUT2D eigenvalue weighted by Gasteiger charge is 2.39. The minimum atomic E-state index is -1.11. The summed E-state index contributed by atoms with van der Waals surface area (Å²) in [7, 11) is 0. The van der Waals surface area contributed by atoms with Crippen molar-refractivity contribution in [2.45, 2.75) is 25.7 Å². The number of nitrogens with zero attached hydrogens (tertiary/aromatic N) is 3. The number of benzene rings is 1. The maximum atomic E-state index is 13.1. The molecule has 0 atom stereocenters. The van der Waals surface area contributed by atoms with E-state index in [4.69, 9.17) is 11.6 Å². The van der Waals surface area contributed by atoms with Crippen molar-refractivity contribution in [1.29, 1.82) is 0 Å². The molecule has 0 aliphatic carbocycles. The fourth-order valence-electron chi connectivity index (χ4n) is 5.25. The summed E-state index contributed by atoms with van der Waals surface area (Å²) in [6.45, 7) is 4.12. The Kier molecular flexibility index (Phi) is 7.02. The Bertz CT molecular complexity index is 1070. The van der Waals surface area contributed by atoms with Crippen molar-refractivity contribution in [1.82, 2.24) is 9.80 Å². The number of carbonyl (C=O) groups is 3. The monoisotopic (exact) mass is 510 g/mol. The molecule has 3 aliphatic rings. The van der Waals surface area contributed by atoms with Crippen molar-refractivity contribution in [2.75, 3.05) is 51.6 Å². The molecule has 184 valence electrons. The molecule has 3 N–H and O–H groups in total. The minimum absolute atomic E-state index is 0.0105. The molecule has 1 aromatic rings. The second-order valence-corrected chi connectivity index (χ2v) is 9.91. The molecule has 9 nitrogen and oxygen atoms in total. The van der Waals surface area contributed by atoms with E-state index in [9.17, 15) is 29.7 Å². The number of aliphatic carboxylic acids is 1. The predicted octanol–water partition coefficient (Wildman–Crippen LogP) is 1.86. The number of fused-ring (bicyclic) bond motifs is 1. The standard InChI is InChI=1S/C23H28ClN3O6S/c24-19-15-3-5-25(22(31)16(15)11-17(28)21(19)30)7-10-27(8-1-2-9-27)12-14(13-34)20(23(32)33)26-6-4-18(26)29/h11H,1-10,12-13H2,(H3-,28,30,31,32,33,34)/p+1/b20-14-. The van der Waals surface area contributed by atoms with Crippen LogP contribution < -0.4 is 0 Å². The van der Waals surface area contributed by atoms with Gasteiger partial charge in [-0.3, -0.25) is 9.59 Å². The van der Waals surface area contributed by atoms with E-state index in [1.807, 2.05) is 0 Å². The Morgan fingerprint density at radius 3 is 2.41 bits per heavy atom. The predicted molar refractivity (Wildman–Crippen MR) is 128 cm³/mol. The van der Waals surface area contributed by atoms with Crippen LogP contribution in [0.4, 0.5) is 0 Å². The second kappa shape index (κ2) is 9.67. The van der Waals surface area contributed by atoms with E-state index >= 15 is 0 Å². The van der Waals surface area contributed by atoms with E-state index in [2.05, 4.69) is 12.6 Å². The molecule has 3 aliphatic heterocycles. The molecule has 2 amide bonds. The van der Waals surface area contributed by atoms with Gasteiger partial charge in [0.2, 0.25) is 5.91 Å². The van der Waals surface area contributed by atoms with E-state index in [0.29, 0.717) is 66.7 Å². The molecule has 0 spiro atoms. The lowest BCUT2D eigenvalue weighted by atomic mass is 9.98. The van der Waals surface area contributed by atoms with Crippen LogP contribution in [0.1, 0.15) is 35.2 Å². The number of hydrogen-bond acceptors (Lipinski definition) is 6. The zero-order valence-electron chi connectivity index (χ0n) is 18.8. The Labute approximate surface area is 208 Å². The Morgan fingerprint density at radius 1 is 1.15 bits per heavy atom. The number of carbonyl (C=O) groups excluding carboxylic acids is 2. The molecule has 0 bridgehead atoms. The first-order chi connectivity index (χ1) is 16.2. The van der Waals surface area contributed by atoms with Crippen LogP contribution in [-0.2, 0) is 16.0 Å². The number of amides is 2. The lowest BCUT2D eigenvalue weighted by Gasteiger charge is -2.39. The number of hydrogen-bond donors (Lipinski definition) is 4. The van der Waals surface area contributed by atoms with Crippen LogP contribution in [0.5, 0.6) is 11.5 Å². The summed E-state index contributed by atoms with van der Waals surface area (Å²) in [4.78, 5) is 40.1. The van der Waals surface area contributed by atoms with Gasteiger partial charge in [0.1, 0.15) is 12.2 Å². The number of phenols is 2. The first-order valence-electron chi connectivity index (χ1n) is 11.4. The van der Waals surface area contributed by atoms with Gasteiger partial charge in [-0.2, -0.15) is 12.6 Å². The lowest BCUT2D eigenvalue weighted by molar-refractivity contribution is -0.911. The smallest absolute Gasteiger partial charge is 0.352 e. The molecular formula is C23H29ClN3O6S+. The van der Waals surface area contributed by atoms with Gasteiger partial charge in [0.05, 0.1) is 31.2 Å². The largest absolute Gasteiger partial charge is 0.504 e. The van der Waals surface area contributed by atoms with Crippen molar-refractivity contribution in [3.8, 4) is 11.5 Å². The quantitative estimate of drug-likeness (QED) is 0.139. The van der Waals surface area contributed by atoms with Crippen LogP contribution in [-0.4, -0.2) is 99.0 Å². The molecule has 3 heterocycles. The third-order valence-electron chi connectivity index (χ3n) is 7.21. The molecule has 2 fully saturated rings. The van der Waals surface area contributed by atoms with E-state index in [0.717, 1.165) is 25.9 Å². The highest BCUT2D eigenvalue weighted by Crippen LogP contribution is 2.40. The summed E-state index contributed by atoms with van der Waals surface area (Å²) in [5.74, 6) is -2.15. The van der Waals surface area contributed by atoms with Gasteiger partial charge in [-0.15, -0.1) is 0 Å². The number of halogens is 1. The molecule has 4 rings (SSSR count). The Hall–Kier alpha value is -2.43. The van der Waals surface area contributed by atoms with Gasteiger partial charge in [-0.25, -0.2) is 4.79 Å². The van der Waals surface area contributed by atoms with E-state index in [-0.39, 0.29) is 28.3 Å². The van der Waals surface area contributed by atoms with Crippen molar-refractivity contribution < 1.29 is 34.2 Å². The van der Waals surface area contributed by atoms with Crippen LogP contribution in [0.15, 0.2) is 17.3 Å². The van der Waals surface area contributed by atoms with Crippen molar-refractivity contribution in [3.05, 3.63) is 33.5 Å². The fourth-order valence-corrected chi connectivity index (χ4v) is 5.79. The summed E-state index contributed by atoms with van der Waals surface area (Å²) in [6, 6.07) is 1.26. The van der Waals surface area contributed by atoms with E-state index in [1.54, 1.807) is 4.90 Å². The van der Waals surface area contributed by atoms with Gasteiger partial charge >= 0.3 is 5.97 Å². The van der Waals surface area contributed by atoms with Crippen LogP contribution >= 0.6 is 24.2 Å². The topological polar surface area (TPSA) is 118 Å². The minimum Gasteiger partial charge on any atom is -0.504 e. The summed E-state index contributed by atoms with van der Waals surface area (Å²) in [6.07, 6.45) is 2.83. The van der Waals surface area contributed by atoms with Crippen LogP contribution in [0.25, 0.3) is 0 Å². The maximum Gasteiger partial charge on any atom is 0.352 e. The zero-order valence-corrected chi connectivity index (χ0v) is 20.4. The first kappa shape index (κ1) is 24.7.